The number of aromatic amines is 1. The summed E-state index contributed by atoms with van der Waals surface area (Å²) in [6.07, 6.45) is 4.21. The summed E-state index contributed by atoms with van der Waals surface area (Å²) in [5, 5.41) is 10.2. The lowest BCUT2D eigenvalue weighted by Gasteiger charge is -2.05. The molecule has 0 amide bonds. The van der Waals surface area contributed by atoms with Crippen molar-refractivity contribution >= 4 is 10.9 Å². The van der Waals surface area contributed by atoms with E-state index in [0.29, 0.717) is 12.1 Å². The molecule has 0 atom stereocenters. The van der Waals surface area contributed by atoms with Gasteiger partial charge in [-0.05, 0) is 42.0 Å². The van der Waals surface area contributed by atoms with Gasteiger partial charge >= 0.3 is 0 Å². The molecule has 3 aromatic heterocycles. The number of benzene rings is 1. The third-order valence-electron chi connectivity index (χ3n) is 4.34. The van der Waals surface area contributed by atoms with Gasteiger partial charge in [0.1, 0.15) is 17.5 Å². The maximum atomic E-state index is 9.11. The van der Waals surface area contributed by atoms with E-state index in [1.54, 1.807) is 19.4 Å². The van der Waals surface area contributed by atoms with Crippen LogP contribution in [0.4, 0.5) is 0 Å². The Morgan fingerprint density at radius 1 is 1.15 bits per heavy atom. The molecule has 4 rings (SSSR count). The standard InChI is InChI=1S/C21H16N4O/c1-26-17-7-8-18-19(10-15-5-2-6-16(12-22)24-15)21(25-20(18)11-17)14-4-3-9-23-13-14/h2-9,11,13,25H,10H2,1H3. The molecule has 5 nitrogen and oxygen atoms in total. The molecule has 4 aromatic rings. The Kier molecular flexibility index (Phi) is 4.08. The van der Waals surface area contributed by atoms with Crippen LogP contribution in [-0.2, 0) is 6.42 Å². The third-order valence-corrected chi connectivity index (χ3v) is 4.34. The van der Waals surface area contributed by atoms with Gasteiger partial charge in [-0.15, -0.1) is 0 Å². The molecule has 0 unspecified atom stereocenters. The van der Waals surface area contributed by atoms with Crippen LogP contribution in [0.5, 0.6) is 5.75 Å². The topological polar surface area (TPSA) is 74.6 Å². The number of hydrogen-bond donors (Lipinski definition) is 1. The van der Waals surface area contributed by atoms with Crippen molar-refractivity contribution in [3.63, 3.8) is 0 Å². The number of rotatable bonds is 4. The van der Waals surface area contributed by atoms with Crippen LogP contribution in [0.1, 0.15) is 17.0 Å². The summed E-state index contributed by atoms with van der Waals surface area (Å²) in [6.45, 7) is 0. The molecule has 0 saturated heterocycles. The van der Waals surface area contributed by atoms with Crippen LogP contribution in [0, 0.1) is 11.3 Å². The fourth-order valence-electron chi connectivity index (χ4n) is 3.12. The van der Waals surface area contributed by atoms with Gasteiger partial charge in [0.2, 0.25) is 0 Å². The predicted octanol–water partition coefficient (Wildman–Crippen LogP) is 4.10. The van der Waals surface area contributed by atoms with Gasteiger partial charge in [-0.1, -0.05) is 6.07 Å². The van der Waals surface area contributed by atoms with Crippen molar-refractivity contribution in [3.8, 4) is 23.1 Å². The minimum atomic E-state index is 0.423. The third kappa shape index (κ3) is 2.89. The summed E-state index contributed by atoms with van der Waals surface area (Å²) in [4.78, 5) is 12.2. The summed E-state index contributed by atoms with van der Waals surface area (Å²) in [5.41, 5.74) is 5.41. The molecule has 5 heteroatoms. The second-order valence-corrected chi connectivity index (χ2v) is 5.93. The van der Waals surface area contributed by atoms with Crippen molar-refractivity contribution in [2.75, 3.05) is 7.11 Å². The molecule has 3 heterocycles. The first-order chi connectivity index (χ1) is 12.8. The molecule has 0 spiro atoms. The number of pyridine rings is 2. The van der Waals surface area contributed by atoms with E-state index in [0.717, 1.165) is 39.2 Å². The van der Waals surface area contributed by atoms with Crippen LogP contribution in [-0.4, -0.2) is 22.1 Å². The average Bonchev–Trinajstić information content (AvgIpc) is 3.06. The fourth-order valence-corrected chi connectivity index (χ4v) is 3.12. The van der Waals surface area contributed by atoms with E-state index in [4.69, 9.17) is 10.00 Å². The van der Waals surface area contributed by atoms with Gasteiger partial charge in [-0.3, -0.25) is 4.98 Å². The molecule has 0 aliphatic rings. The van der Waals surface area contributed by atoms with E-state index in [-0.39, 0.29) is 0 Å². The maximum absolute atomic E-state index is 9.11. The Morgan fingerprint density at radius 3 is 2.85 bits per heavy atom. The molecular formula is C21H16N4O. The van der Waals surface area contributed by atoms with E-state index in [9.17, 15) is 0 Å². The highest BCUT2D eigenvalue weighted by molar-refractivity contribution is 5.91. The largest absolute Gasteiger partial charge is 0.497 e. The number of nitrogens with zero attached hydrogens (tertiary/aromatic N) is 3. The van der Waals surface area contributed by atoms with Gasteiger partial charge in [0.25, 0.3) is 0 Å². The van der Waals surface area contributed by atoms with E-state index in [2.05, 4.69) is 21.0 Å². The minimum absolute atomic E-state index is 0.423. The maximum Gasteiger partial charge on any atom is 0.140 e. The summed E-state index contributed by atoms with van der Waals surface area (Å²) in [7, 11) is 1.66. The Labute approximate surface area is 150 Å². The van der Waals surface area contributed by atoms with Crippen molar-refractivity contribution in [1.82, 2.24) is 15.0 Å². The average molecular weight is 340 g/mol. The molecule has 126 valence electrons. The molecule has 0 aliphatic carbocycles. The highest BCUT2D eigenvalue weighted by atomic mass is 16.5. The van der Waals surface area contributed by atoms with E-state index in [1.807, 2.05) is 48.7 Å². The van der Waals surface area contributed by atoms with Crippen LogP contribution in [0.2, 0.25) is 0 Å². The molecule has 0 saturated carbocycles. The normalized spacial score (nSPS) is 10.6. The monoisotopic (exact) mass is 340 g/mol. The van der Waals surface area contributed by atoms with Crippen molar-refractivity contribution in [2.24, 2.45) is 0 Å². The number of H-pyrrole nitrogens is 1. The fraction of sp³-hybridized carbons (Fsp3) is 0.0952. The molecule has 0 radical (unpaired) electrons. The van der Waals surface area contributed by atoms with Crippen molar-refractivity contribution < 1.29 is 4.74 Å². The highest BCUT2D eigenvalue weighted by Gasteiger charge is 2.15. The Balaban J connectivity index is 1.89. The van der Waals surface area contributed by atoms with Crippen LogP contribution in [0.25, 0.3) is 22.2 Å². The van der Waals surface area contributed by atoms with Crippen molar-refractivity contribution in [1.29, 1.82) is 5.26 Å². The minimum Gasteiger partial charge on any atom is -0.497 e. The number of nitriles is 1. The quantitative estimate of drug-likeness (QED) is 0.607. The molecule has 0 bridgehead atoms. The van der Waals surface area contributed by atoms with Gasteiger partial charge in [-0.25, -0.2) is 4.98 Å². The smallest absolute Gasteiger partial charge is 0.140 e. The second kappa shape index (κ2) is 6.69. The van der Waals surface area contributed by atoms with Gasteiger partial charge in [0, 0.05) is 47.0 Å². The molecule has 1 N–H and O–H groups in total. The molecule has 0 fully saturated rings. The lowest BCUT2D eigenvalue weighted by molar-refractivity contribution is 0.415. The van der Waals surface area contributed by atoms with Gasteiger partial charge in [-0.2, -0.15) is 5.26 Å². The van der Waals surface area contributed by atoms with Gasteiger partial charge in [0.15, 0.2) is 0 Å². The first kappa shape index (κ1) is 15.9. The summed E-state index contributed by atoms with van der Waals surface area (Å²) >= 11 is 0. The Bertz CT molecular complexity index is 1110. The molecule has 26 heavy (non-hydrogen) atoms. The van der Waals surface area contributed by atoms with Crippen LogP contribution in [0.15, 0.2) is 60.9 Å². The number of aromatic nitrogens is 3. The zero-order valence-electron chi connectivity index (χ0n) is 14.2. The second-order valence-electron chi connectivity index (χ2n) is 5.93. The Morgan fingerprint density at radius 2 is 2.08 bits per heavy atom. The van der Waals surface area contributed by atoms with Crippen LogP contribution in [0.3, 0.4) is 0 Å². The van der Waals surface area contributed by atoms with E-state index < -0.39 is 0 Å². The first-order valence-corrected chi connectivity index (χ1v) is 8.23. The van der Waals surface area contributed by atoms with Crippen LogP contribution < -0.4 is 4.74 Å². The highest BCUT2D eigenvalue weighted by Crippen LogP contribution is 2.33. The summed E-state index contributed by atoms with van der Waals surface area (Å²) in [5.74, 6) is 0.799. The van der Waals surface area contributed by atoms with Crippen molar-refractivity contribution in [2.45, 2.75) is 6.42 Å². The lowest BCUT2D eigenvalue weighted by Crippen LogP contribution is -1.95. The predicted molar refractivity (Wildman–Crippen MR) is 99.8 cm³/mol. The van der Waals surface area contributed by atoms with Gasteiger partial charge < -0.3 is 9.72 Å². The van der Waals surface area contributed by atoms with Crippen LogP contribution >= 0.6 is 0 Å². The molecular weight excluding hydrogens is 324 g/mol. The zero-order valence-corrected chi connectivity index (χ0v) is 14.2. The first-order valence-electron chi connectivity index (χ1n) is 8.23. The molecule has 1 aromatic carbocycles. The van der Waals surface area contributed by atoms with E-state index >= 15 is 0 Å². The zero-order chi connectivity index (χ0) is 17.9. The molecule has 0 aliphatic heterocycles. The van der Waals surface area contributed by atoms with E-state index in [1.165, 1.54) is 0 Å². The number of methoxy groups -OCH3 is 1. The number of nitrogens with one attached hydrogen (secondary N) is 1. The number of fused-ring (bicyclic) bond motifs is 1. The summed E-state index contributed by atoms with van der Waals surface area (Å²) in [6, 6.07) is 17.5. The Hall–Kier alpha value is -3.65. The van der Waals surface area contributed by atoms with Gasteiger partial charge in [0.05, 0.1) is 12.8 Å². The van der Waals surface area contributed by atoms with Crippen molar-refractivity contribution in [3.05, 3.63) is 77.9 Å². The number of hydrogen-bond acceptors (Lipinski definition) is 4. The number of ether oxygens (including phenoxy) is 1. The summed E-state index contributed by atoms with van der Waals surface area (Å²) < 4.78 is 5.34. The SMILES string of the molecule is COc1ccc2c(Cc3cccc(C#N)n3)c(-c3cccnc3)[nH]c2c1. The lowest BCUT2D eigenvalue weighted by atomic mass is 10.0.